The predicted octanol–water partition coefficient (Wildman–Crippen LogP) is 4.45. The van der Waals surface area contributed by atoms with Crippen LogP contribution in [0.5, 0.6) is 17.2 Å². The number of imidazole rings is 1. The van der Waals surface area contributed by atoms with E-state index in [9.17, 15) is 18.0 Å². The Balaban J connectivity index is 1.27. The number of carbonyl (C=O) groups is 1. The summed E-state index contributed by atoms with van der Waals surface area (Å²) >= 11 is 0. The Morgan fingerprint density at radius 1 is 1.19 bits per heavy atom. The molecule has 7 nitrogen and oxygen atoms in total. The van der Waals surface area contributed by atoms with Gasteiger partial charge in [0, 0.05) is 35.4 Å². The number of hydrogen-bond acceptors (Lipinski definition) is 5. The summed E-state index contributed by atoms with van der Waals surface area (Å²) in [5, 5.41) is 2.74. The van der Waals surface area contributed by atoms with Crippen LogP contribution >= 0.6 is 0 Å². The summed E-state index contributed by atoms with van der Waals surface area (Å²) in [5.74, 6) is 2.27. The van der Waals surface area contributed by atoms with Gasteiger partial charge < -0.3 is 19.8 Å². The van der Waals surface area contributed by atoms with E-state index < -0.39 is 11.9 Å². The highest BCUT2D eigenvalue weighted by Crippen LogP contribution is 2.63. The minimum absolute atomic E-state index is 0.00401. The minimum Gasteiger partial charge on any atom is -0.489 e. The molecule has 0 radical (unpaired) electrons. The average molecular weight is 442 g/mol. The van der Waals surface area contributed by atoms with Crippen LogP contribution in [0.2, 0.25) is 0 Å². The lowest BCUT2D eigenvalue weighted by Crippen LogP contribution is -2.20. The first-order valence-electron chi connectivity index (χ1n) is 10.2. The standard InChI is InChI=1S/C22H17F3N4O3/c1-9-19(22(23,24)25)29-21(27-9)17-16-12-8-10(2-4-13(12)32-18(16)17)31-14-6-7-26-20-11(14)3-5-15(30)28-20/h2,4,6-8,16-18H,3,5H2,1H3,(H,27,29)(H,26,28,30). The summed E-state index contributed by atoms with van der Waals surface area (Å²) in [6, 6.07) is 7.19. The molecule has 4 heterocycles. The van der Waals surface area contributed by atoms with Crippen molar-refractivity contribution in [3.05, 3.63) is 58.8 Å². The third kappa shape index (κ3) is 2.93. The molecule has 2 aliphatic heterocycles. The van der Waals surface area contributed by atoms with E-state index in [1.807, 2.05) is 6.07 Å². The lowest BCUT2D eigenvalue weighted by atomic mass is 10.1. The van der Waals surface area contributed by atoms with Crippen molar-refractivity contribution in [2.45, 2.75) is 43.9 Å². The zero-order valence-electron chi connectivity index (χ0n) is 16.8. The second-order valence-electron chi connectivity index (χ2n) is 8.21. The Kier molecular flexibility index (Phi) is 3.87. The normalized spacial score (nSPS) is 23.0. The van der Waals surface area contributed by atoms with E-state index in [0.29, 0.717) is 41.7 Å². The number of benzene rings is 1. The highest BCUT2D eigenvalue weighted by atomic mass is 19.4. The van der Waals surface area contributed by atoms with E-state index >= 15 is 0 Å². The SMILES string of the molecule is Cc1[nH]c(C2C3Oc4ccc(Oc5ccnc6c5CCC(=O)N6)cc4C32)nc1C(F)(F)F. The Bertz CT molecular complexity index is 1270. The molecule has 0 bridgehead atoms. The smallest absolute Gasteiger partial charge is 0.435 e. The number of pyridine rings is 1. The summed E-state index contributed by atoms with van der Waals surface area (Å²) in [7, 11) is 0. The van der Waals surface area contributed by atoms with Crippen LogP contribution in [-0.4, -0.2) is 27.0 Å². The monoisotopic (exact) mass is 442 g/mol. The van der Waals surface area contributed by atoms with Gasteiger partial charge in [-0.15, -0.1) is 0 Å². The zero-order valence-corrected chi connectivity index (χ0v) is 16.8. The van der Waals surface area contributed by atoms with Crippen LogP contribution in [0.15, 0.2) is 30.5 Å². The van der Waals surface area contributed by atoms with E-state index in [1.165, 1.54) is 6.92 Å². The molecule has 6 rings (SSSR count). The van der Waals surface area contributed by atoms with Crippen molar-refractivity contribution >= 4 is 11.7 Å². The van der Waals surface area contributed by atoms with E-state index in [2.05, 4.69) is 20.3 Å². The van der Waals surface area contributed by atoms with Gasteiger partial charge in [0.25, 0.3) is 0 Å². The first-order chi connectivity index (χ1) is 15.3. The Morgan fingerprint density at radius 2 is 2.03 bits per heavy atom. The molecule has 1 aliphatic carbocycles. The Hall–Kier alpha value is -3.56. The number of fused-ring (bicyclic) bond motifs is 4. The van der Waals surface area contributed by atoms with Crippen LogP contribution in [0.25, 0.3) is 0 Å². The van der Waals surface area contributed by atoms with Crippen LogP contribution in [-0.2, 0) is 17.4 Å². The maximum Gasteiger partial charge on any atom is 0.435 e. The molecule has 10 heteroatoms. The number of alkyl halides is 3. The van der Waals surface area contributed by atoms with Gasteiger partial charge in [-0.3, -0.25) is 4.79 Å². The summed E-state index contributed by atoms with van der Waals surface area (Å²) in [4.78, 5) is 22.4. The van der Waals surface area contributed by atoms with Gasteiger partial charge in [0.05, 0.1) is 5.92 Å². The van der Waals surface area contributed by atoms with Crippen molar-refractivity contribution in [2.24, 2.45) is 0 Å². The van der Waals surface area contributed by atoms with Crippen molar-refractivity contribution in [3.8, 4) is 17.2 Å². The number of hydrogen-bond donors (Lipinski definition) is 2. The molecular formula is C22H17F3N4O3. The highest BCUT2D eigenvalue weighted by Gasteiger charge is 2.61. The zero-order chi connectivity index (χ0) is 22.2. The molecule has 2 aromatic heterocycles. The number of carbonyl (C=O) groups excluding carboxylic acids is 1. The summed E-state index contributed by atoms with van der Waals surface area (Å²) in [5.41, 5.74) is 0.835. The number of H-pyrrole nitrogens is 1. The molecule has 1 aromatic carbocycles. The number of aromatic nitrogens is 3. The fourth-order valence-electron chi connectivity index (χ4n) is 4.63. The number of amides is 1. The second kappa shape index (κ2) is 6.47. The topological polar surface area (TPSA) is 89.1 Å². The number of halogens is 3. The molecule has 3 unspecified atom stereocenters. The highest BCUT2D eigenvalue weighted by molar-refractivity contribution is 5.93. The van der Waals surface area contributed by atoms with E-state index in [-0.39, 0.29) is 29.5 Å². The van der Waals surface area contributed by atoms with Crippen molar-refractivity contribution < 1.29 is 27.4 Å². The molecular weight excluding hydrogens is 425 g/mol. The van der Waals surface area contributed by atoms with Gasteiger partial charge in [0.1, 0.15) is 35.0 Å². The molecule has 1 amide bonds. The average Bonchev–Trinajstić information content (AvgIpc) is 3.09. The van der Waals surface area contributed by atoms with Crippen LogP contribution in [0.3, 0.4) is 0 Å². The fraction of sp³-hybridized carbons (Fsp3) is 0.318. The lowest BCUT2D eigenvalue weighted by molar-refractivity contribution is -0.141. The number of ether oxygens (including phenoxy) is 2. The van der Waals surface area contributed by atoms with Crippen LogP contribution in [0, 0.1) is 6.92 Å². The minimum atomic E-state index is -4.49. The summed E-state index contributed by atoms with van der Waals surface area (Å²) in [6.45, 7) is 1.37. The summed E-state index contributed by atoms with van der Waals surface area (Å²) < 4.78 is 51.4. The molecule has 1 fully saturated rings. The van der Waals surface area contributed by atoms with Gasteiger partial charge in [-0.05, 0) is 37.6 Å². The van der Waals surface area contributed by atoms with Crippen molar-refractivity contribution in [2.75, 3.05) is 5.32 Å². The molecule has 3 aromatic rings. The number of aryl methyl sites for hydroxylation is 1. The Morgan fingerprint density at radius 3 is 2.81 bits per heavy atom. The molecule has 2 N–H and O–H groups in total. The van der Waals surface area contributed by atoms with Gasteiger partial charge in [0.2, 0.25) is 5.91 Å². The maximum absolute atomic E-state index is 13.1. The van der Waals surface area contributed by atoms with E-state index in [1.54, 1.807) is 24.4 Å². The fourth-order valence-corrected chi connectivity index (χ4v) is 4.63. The van der Waals surface area contributed by atoms with Crippen LogP contribution in [0.4, 0.5) is 19.0 Å². The van der Waals surface area contributed by atoms with Gasteiger partial charge >= 0.3 is 6.18 Å². The number of anilines is 1. The number of nitrogens with one attached hydrogen (secondary N) is 2. The first-order valence-corrected chi connectivity index (χ1v) is 10.2. The number of rotatable bonds is 3. The largest absolute Gasteiger partial charge is 0.489 e. The molecule has 3 atom stereocenters. The van der Waals surface area contributed by atoms with Gasteiger partial charge in [-0.1, -0.05) is 0 Å². The van der Waals surface area contributed by atoms with Gasteiger partial charge in [0.15, 0.2) is 5.69 Å². The third-order valence-electron chi connectivity index (χ3n) is 6.15. The van der Waals surface area contributed by atoms with E-state index in [0.717, 1.165) is 11.1 Å². The Labute approximate surface area is 180 Å². The molecule has 0 saturated heterocycles. The number of nitrogens with zero attached hydrogens (tertiary/aromatic N) is 2. The quantitative estimate of drug-likeness (QED) is 0.626. The second-order valence-corrected chi connectivity index (χ2v) is 8.21. The van der Waals surface area contributed by atoms with Crippen molar-refractivity contribution in [3.63, 3.8) is 0 Å². The van der Waals surface area contributed by atoms with Crippen LogP contribution < -0.4 is 14.8 Å². The molecule has 32 heavy (non-hydrogen) atoms. The maximum atomic E-state index is 13.1. The molecule has 3 aliphatic rings. The van der Waals surface area contributed by atoms with Gasteiger partial charge in [-0.2, -0.15) is 13.2 Å². The first kappa shape index (κ1) is 19.1. The van der Waals surface area contributed by atoms with Gasteiger partial charge in [-0.25, -0.2) is 9.97 Å². The lowest BCUT2D eigenvalue weighted by Gasteiger charge is -2.19. The number of aromatic amines is 1. The van der Waals surface area contributed by atoms with Crippen molar-refractivity contribution in [1.82, 2.24) is 15.0 Å². The summed E-state index contributed by atoms with van der Waals surface area (Å²) in [6.07, 6.45) is -2.27. The predicted molar refractivity (Wildman–Crippen MR) is 106 cm³/mol. The van der Waals surface area contributed by atoms with Crippen LogP contribution in [0.1, 0.15) is 46.6 Å². The van der Waals surface area contributed by atoms with Crippen molar-refractivity contribution in [1.29, 1.82) is 0 Å². The molecule has 0 spiro atoms. The molecule has 1 saturated carbocycles. The molecule has 164 valence electrons. The van der Waals surface area contributed by atoms with E-state index in [4.69, 9.17) is 9.47 Å². The third-order valence-corrected chi connectivity index (χ3v) is 6.15.